The maximum Gasteiger partial charge on any atom is 0.335 e. The van der Waals surface area contributed by atoms with Gasteiger partial charge in [-0.25, -0.2) is 17.9 Å². The molecule has 0 aromatic heterocycles. The molecule has 162 valence electrons. The summed E-state index contributed by atoms with van der Waals surface area (Å²) in [4.78, 5) is 15.6. The summed E-state index contributed by atoms with van der Waals surface area (Å²) < 4.78 is 32.7. The second-order valence-electron chi connectivity index (χ2n) is 7.08. The van der Waals surface area contributed by atoms with Crippen LogP contribution in [-0.2, 0) is 10.0 Å². The third kappa shape index (κ3) is 5.50. The Morgan fingerprint density at radius 3 is 2.37 bits per heavy atom. The van der Waals surface area contributed by atoms with E-state index in [9.17, 15) is 13.2 Å². The van der Waals surface area contributed by atoms with Crippen molar-refractivity contribution < 1.29 is 23.1 Å². The number of piperazine rings is 1. The van der Waals surface area contributed by atoms with E-state index < -0.39 is 16.0 Å². The van der Waals surface area contributed by atoms with Gasteiger partial charge in [0, 0.05) is 32.7 Å². The molecule has 8 nitrogen and oxygen atoms in total. The maximum atomic E-state index is 12.3. The third-order valence-corrected chi connectivity index (χ3v) is 6.63. The zero-order valence-electron chi connectivity index (χ0n) is 17.0. The fraction of sp³-hybridized carbons (Fsp3) is 0.381. The minimum Gasteiger partial charge on any atom is -0.495 e. The second-order valence-corrected chi connectivity index (χ2v) is 8.85. The van der Waals surface area contributed by atoms with E-state index >= 15 is 0 Å². The van der Waals surface area contributed by atoms with Crippen molar-refractivity contribution in [3.63, 3.8) is 0 Å². The summed E-state index contributed by atoms with van der Waals surface area (Å²) in [6.45, 7) is 4.73. The number of rotatable bonds is 9. The molecule has 2 N–H and O–H groups in total. The molecule has 1 heterocycles. The smallest absolute Gasteiger partial charge is 0.335 e. The van der Waals surface area contributed by atoms with Gasteiger partial charge in [0.1, 0.15) is 5.75 Å². The van der Waals surface area contributed by atoms with Crippen LogP contribution in [0.15, 0.2) is 53.4 Å². The van der Waals surface area contributed by atoms with E-state index in [4.69, 9.17) is 9.84 Å². The molecule has 3 rings (SSSR count). The quantitative estimate of drug-likeness (QED) is 0.583. The van der Waals surface area contributed by atoms with Crippen LogP contribution in [0.5, 0.6) is 5.75 Å². The minimum absolute atomic E-state index is 0.0567. The number of methoxy groups -OCH3 is 1. The Hall–Kier alpha value is -2.62. The highest BCUT2D eigenvalue weighted by Crippen LogP contribution is 2.28. The van der Waals surface area contributed by atoms with Crippen LogP contribution in [-0.4, -0.2) is 70.8 Å². The van der Waals surface area contributed by atoms with Crippen molar-refractivity contribution in [1.29, 1.82) is 0 Å². The predicted molar refractivity (Wildman–Crippen MR) is 115 cm³/mol. The molecule has 1 aliphatic heterocycles. The van der Waals surface area contributed by atoms with Gasteiger partial charge in [0.05, 0.1) is 23.3 Å². The number of carboxylic acids is 1. The normalized spacial score (nSPS) is 15.2. The van der Waals surface area contributed by atoms with Crippen molar-refractivity contribution in [1.82, 2.24) is 9.62 Å². The third-order valence-electron chi connectivity index (χ3n) is 5.15. The van der Waals surface area contributed by atoms with Crippen LogP contribution in [0, 0.1) is 0 Å². The van der Waals surface area contributed by atoms with Crippen molar-refractivity contribution in [3.8, 4) is 5.75 Å². The number of aromatic carboxylic acids is 1. The molecule has 9 heteroatoms. The molecule has 1 fully saturated rings. The number of nitrogens with zero attached hydrogens (tertiary/aromatic N) is 2. The molecule has 0 saturated carbocycles. The van der Waals surface area contributed by atoms with Gasteiger partial charge in [-0.2, -0.15) is 0 Å². The number of benzene rings is 2. The lowest BCUT2D eigenvalue weighted by Gasteiger charge is -2.36. The van der Waals surface area contributed by atoms with E-state index in [0.29, 0.717) is 13.0 Å². The average molecular weight is 434 g/mol. The number of anilines is 1. The monoisotopic (exact) mass is 433 g/mol. The number of hydrogen-bond donors (Lipinski definition) is 2. The molecule has 2 aromatic rings. The van der Waals surface area contributed by atoms with Gasteiger partial charge < -0.3 is 14.7 Å². The van der Waals surface area contributed by atoms with E-state index in [2.05, 4.69) is 20.6 Å². The summed E-state index contributed by atoms with van der Waals surface area (Å²) in [5, 5.41) is 8.90. The number of para-hydroxylation sites is 2. The first-order valence-corrected chi connectivity index (χ1v) is 11.3. The summed E-state index contributed by atoms with van der Waals surface area (Å²) in [5.41, 5.74) is 1.16. The van der Waals surface area contributed by atoms with Crippen molar-refractivity contribution >= 4 is 21.7 Å². The molecule has 1 aliphatic rings. The molecule has 0 amide bonds. The van der Waals surface area contributed by atoms with Gasteiger partial charge >= 0.3 is 5.97 Å². The molecule has 0 bridgehead atoms. The van der Waals surface area contributed by atoms with Crippen LogP contribution in [0.2, 0.25) is 0 Å². The number of ether oxygens (including phenoxy) is 1. The predicted octanol–water partition coefficient (Wildman–Crippen LogP) is 1.88. The molecule has 0 unspecified atom stereocenters. The van der Waals surface area contributed by atoms with Crippen LogP contribution in [0.4, 0.5) is 5.69 Å². The first-order valence-electron chi connectivity index (χ1n) is 9.84. The van der Waals surface area contributed by atoms with Crippen LogP contribution in [0.25, 0.3) is 0 Å². The molecular formula is C21H27N3O5S. The lowest BCUT2D eigenvalue weighted by atomic mass is 10.2. The molecular weight excluding hydrogens is 406 g/mol. The number of carbonyl (C=O) groups is 1. The van der Waals surface area contributed by atoms with Gasteiger partial charge in [-0.15, -0.1) is 0 Å². The van der Waals surface area contributed by atoms with Crippen molar-refractivity contribution in [2.24, 2.45) is 0 Å². The number of hydrogen-bond acceptors (Lipinski definition) is 6. The highest BCUT2D eigenvalue weighted by molar-refractivity contribution is 7.89. The van der Waals surface area contributed by atoms with Crippen LogP contribution in [0.1, 0.15) is 16.8 Å². The summed E-state index contributed by atoms with van der Waals surface area (Å²) in [7, 11) is -1.96. The Morgan fingerprint density at radius 1 is 1.07 bits per heavy atom. The van der Waals surface area contributed by atoms with E-state index in [1.165, 1.54) is 24.3 Å². The van der Waals surface area contributed by atoms with Crippen molar-refractivity contribution in [2.75, 3.05) is 51.3 Å². The Labute approximate surface area is 177 Å². The maximum absolute atomic E-state index is 12.3. The van der Waals surface area contributed by atoms with Gasteiger partial charge in [0.25, 0.3) is 0 Å². The number of nitrogens with one attached hydrogen (secondary N) is 1. The Balaban J connectivity index is 1.42. The number of carboxylic acid groups (broad SMARTS) is 1. The molecule has 0 aliphatic carbocycles. The van der Waals surface area contributed by atoms with Crippen LogP contribution < -0.4 is 14.4 Å². The zero-order valence-corrected chi connectivity index (χ0v) is 17.8. The van der Waals surface area contributed by atoms with E-state index in [0.717, 1.165) is 44.2 Å². The fourth-order valence-corrected chi connectivity index (χ4v) is 4.55. The standard InChI is InChI=1S/C21H27N3O5S/c1-29-20-6-3-2-5-19(20)24-15-13-23(14-16-24)12-4-11-22-30(27,28)18-9-7-17(8-10-18)21(25)26/h2-3,5-10,22H,4,11-16H2,1H3,(H,25,26). The minimum atomic E-state index is -3.64. The highest BCUT2D eigenvalue weighted by atomic mass is 32.2. The summed E-state index contributed by atoms with van der Waals surface area (Å²) in [6.07, 6.45) is 0.696. The van der Waals surface area contributed by atoms with Gasteiger partial charge in [-0.1, -0.05) is 12.1 Å². The SMILES string of the molecule is COc1ccccc1N1CCN(CCCNS(=O)(=O)c2ccc(C(=O)O)cc2)CC1. The Kier molecular flexibility index (Phi) is 7.30. The number of sulfonamides is 1. The summed E-state index contributed by atoms with van der Waals surface area (Å²) in [5.74, 6) is -0.213. The molecule has 1 saturated heterocycles. The van der Waals surface area contributed by atoms with Gasteiger partial charge in [0.15, 0.2) is 0 Å². The summed E-state index contributed by atoms with van der Waals surface area (Å²) >= 11 is 0. The van der Waals surface area contributed by atoms with Gasteiger partial charge in [-0.05, 0) is 49.4 Å². The van der Waals surface area contributed by atoms with Crippen LogP contribution >= 0.6 is 0 Å². The Morgan fingerprint density at radius 2 is 1.73 bits per heavy atom. The largest absolute Gasteiger partial charge is 0.495 e. The van der Waals surface area contributed by atoms with Crippen molar-refractivity contribution in [3.05, 3.63) is 54.1 Å². The molecule has 0 spiro atoms. The van der Waals surface area contributed by atoms with Gasteiger partial charge in [-0.3, -0.25) is 4.90 Å². The van der Waals surface area contributed by atoms with Gasteiger partial charge in [0.2, 0.25) is 10.0 Å². The van der Waals surface area contributed by atoms with E-state index in [1.807, 2.05) is 18.2 Å². The van der Waals surface area contributed by atoms with Crippen molar-refractivity contribution in [2.45, 2.75) is 11.3 Å². The zero-order chi connectivity index (χ0) is 21.6. The first kappa shape index (κ1) is 22.1. The molecule has 0 atom stereocenters. The highest BCUT2D eigenvalue weighted by Gasteiger charge is 2.19. The topological polar surface area (TPSA) is 99.2 Å². The first-order chi connectivity index (χ1) is 14.4. The lowest BCUT2D eigenvalue weighted by Crippen LogP contribution is -2.47. The lowest BCUT2D eigenvalue weighted by molar-refractivity contribution is 0.0696. The van der Waals surface area contributed by atoms with Crippen LogP contribution in [0.3, 0.4) is 0 Å². The average Bonchev–Trinajstić information content (AvgIpc) is 2.77. The molecule has 0 radical (unpaired) electrons. The molecule has 30 heavy (non-hydrogen) atoms. The second kappa shape index (κ2) is 9.92. The Bertz CT molecular complexity index is 955. The summed E-state index contributed by atoms with van der Waals surface area (Å²) in [6, 6.07) is 13.2. The van der Waals surface area contributed by atoms with E-state index in [-0.39, 0.29) is 10.5 Å². The fourth-order valence-electron chi connectivity index (χ4n) is 3.47. The molecule has 2 aromatic carbocycles. The van der Waals surface area contributed by atoms with E-state index in [1.54, 1.807) is 7.11 Å².